The number of phenolic OH excluding ortho intramolecular Hbond substituents is 2. The van der Waals surface area contributed by atoms with E-state index in [0.717, 1.165) is 37.0 Å². The van der Waals surface area contributed by atoms with Crippen LogP contribution in [0.3, 0.4) is 0 Å². The molecule has 59 heavy (non-hydrogen) atoms. The zero-order valence-corrected chi connectivity index (χ0v) is 34.1. The molecule has 2 aromatic rings. The van der Waals surface area contributed by atoms with Gasteiger partial charge in [-0.05, 0) is 74.5 Å². The van der Waals surface area contributed by atoms with Crippen LogP contribution < -0.4 is 32.3 Å². The van der Waals surface area contributed by atoms with E-state index in [2.05, 4.69) is 33.5 Å². The molecular weight excluding hydrogens is 763 g/mol. The summed E-state index contributed by atoms with van der Waals surface area (Å²) in [5.41, 5.74) is 6.68. The van der Waals surface area contributed by atoms with Gasteiger partial charge in [-0.3, -0.25) is 33.6 Å². The zero-order valence-electron chi connectivity index (χ0n) is 34.1. The predicted octanol–water partition coefficient (Wildman–Crippen LogP) is 1.37. The van der Waals surface area contributed by atoms with E-state index in [1.54, 1.807) is 6.07 Å². The SMILES string of the molecule is CCCCCCCC(=O)NCCC(=O)NC(CCCCN)C(=O)N(C)C1C(=O)NC(C)C(=O)NC(C(=O)NCC(=O)C2CO2)Cc2ccc(O)c(c2)-c2cc1ccc2O. The van der Waals surface area contributed by atoms with Gasteiger partial charge in [-0.25, -0.2) is 0 Å². The molecule has 17 heteroatoms. The van der Waals surface area contributed by atoms with E-state index in [-0.39, 0.29) is 78.8 Å². The lowest BCUT2D eigenvalue weighted by atomic mass is 9.93. The molecule has 0 aliphatic carbocycles. The highest BCUT2D eigenvalue weighted by molar-refractivity contribution is 5.97. The van der Waals surface area contributed by atoms with E-state index in [1.165, 1.54) is 44.3 Å². The van der Waals surface area contributed by atoms with Crippen molar-refractivity contribution in [3.8, 4) is 22.6 Å². The number of ether oxygens (including phenoxy) is 1. The van der Waals surface area contributed by atoms with Gasteiger partial charge in [0.15, 0.2) is 5.78 Å². The Morgan fingerprint density at radius 2 is 1.58 bits per heavy atom. The molecule has 6 amide bonds. The average molecular weight is 822 g/mol. The molecule has 1 fully saturated rings. The third kappa shape index (κ3) is 13.8. The van der Waals surface area contributed by atoms with Crippen molar-refractivity contribution >= 4 is 41.2 Å². The van der Waals surface area contributed by atoms with Crippen LogP contribution in [0.5, 0.6) is 11.5 Å². The maximum atomic E-state index is 14.3. The van der Waals surface area contributed by atoms with Crippen LogP contribution in [0.25, 0.3) is 11.1 Å². The molecule has 2 aromatic carbocycles. The van der Waals surface area contributed by atoms with Crippen molar-refractivity contribution < 1.29 is 48.5 Å². The quantitative estimate of drug-likeness (QED) is 0.0699. The van der Waals surface area contributed by atoms with Gasteiger partial charge in [-0.2, -0.15) is 0 Å². The standard InChI is InChI=1S/C42H59N7O10/c1-4-5-6-7-8-12-36(53)44-19-17-37(54)47-30(11-9-10-18-43)42(58)49(3)38-27-14-16-33(51)29(22-27)28-20-26(13-15-32(28)50)21-31(48-39(55)25(2)46-41(38)57)40(56)45-23-34(52)35-24-59-35/h13-16,20,22,25,30-31,35,38,50-51H,4-12,17-19,21,23-24,43H2,1-3H3,(H,44,53)(H,45,56)(H,46,57)(H,47,54)(H,48,55). The molecule has 322 valence electrons. The summed E-state index contributed by atoms with van der Waals surface area (Å²) in [6.45, 7) is 3.88. The molecule has 9 N–H and O–H groups in total. The van der Waals surface area contributed by atoms with Crippen molar-refractivity contribution in [1.29, 1.82) is 0 Å². The zero-order chi connectivity index (χ0) is 43.1. The molecule has 5 atom stereocenters. The lowest BCUT2D eigenvalue weighted by Gasteiger charge is -2.32. The normalized spacial score (nSPS) is 19.3. The van der Waals surface area contributed by atoms with Gasteiger partial charge in [-0.1, -0.05) is 44.7 Å². The van der Waals surface area contributed by atoms with E-state index in [9.17, 15) is 43.8 Å². The van der Waals surface area contributed by atoms with Crippen molar-refractivity contribution in [3.05, 3.63) is 47.5 Å². The van der Waals surface area contributed by atoms with Crippen molar-refractivity contribution in [2.24, 2.45) is 5.73 Å². The fraction of sp³-hybridized carbons (Fsp3) is 0.548. The Balaban J connectivity index is 1.60. The van der Waals surface area contributed by atoms with Crippen LogP contribution >= 0.6 is 0 Å². The van der Waals surface area contributed by atoms with Crippen molar-refractivity contribution in [2.75, 3.05) is 33.3 Å². The molecule has 0 saturated carbocycles. The Hall–Kier alpha value is -5.55. The summed E-state index contributed by atoms with van der Waals surface area (Å²) in [6.07, 6.45) is 5.81. The Morgan fingerprint density at radius 1 is 0.881 bits per heavy atom. The second-order valence-electron chi connectivity index (χ2n) is 15.2. The van der Waals surface area contributed by atoms with Crippen LogP contribution in [0.15, 0.2) is 36.4 Å². The number of likely N-dealkylation sites (N-methyl/N-ethyl adjacent to an activating group) is 1. The Labute approximate surface area is 344 Å². The molecular formula is C42H59N7O10. The molecule has 4 rings (SSSR count). The first-order chi connectivity index (χ1) is 28.2. The minimum absolute atomic E-state index is 0.0740. The highest BCUT2D eigenvalue weighted by Gasteiger charge is 2.36. The fourth-order valence-electron chi connectivity index (χ4n) is 6.84. The summed E-state index contributed by atoms with van der Waals surface area (Å²) in [4.78, 5) is 94.4. The van der Waals surface area contributed by atoms with Gasteiger partial charge in [0, 0.05) is 44.0 Å². The average Bonchev–Trinajstić information content (AvgIpc) is 4.06. The second-order valence-corrected chi connectivity index (χ2v) is 15.2. The maximum Gasteiger partial charge on any atom is 0.248 e. The van der Waals surface area contributed by atoms with E-state index in [4.69, 9.17) is 10.5 Å². The van der Waals surface area contributed by atoms with Gasteiger partial charge in [0.1, 0.15) is 41.8 Å². The first-order valence-electron chi connectivity index (χ1n) is 20.4. The number of fused-ring (bicyclic) bond motifs is 5. The van der Waals surface area contributed by atoms with Gasteiger partial charge in [0.05, 0.1) is 13.2 Å². The lowest BCUT2D eigenvalue weighted by molar-refractivity contribution is -0.143. The van der Waals surface area contributed by atoms with E-state index >= 15 is 0 Å². The number of nitrogens with one attached hydrogen (secondary N) is 5. The van der Waals surface area contributed by atoms with Gasteiger partial charge >= 0.3 is 0 Å². The molecule has 5 unspecified atom stereocenters. The number of amides is 6. The summed E-state index contributed by atoms with van der Waals surface area (Å²) in [6, 6.07) is 3.67. The number of aromatic hydroxyl groups is 2. The fourth-order valence-corrected chi connectivity index (χ4v) is 6.84. The Morgan fingerprint density at radius 3 is 2.27 bits per heavy atom. The highest BCUT2D eigenvalue weighted by atomic mass is 16.6. The third-order valence-electron chi connectivity index (χ3n) is 10.4. The maximum absolute atomic E-state index is 14.3. The number of phenols is 2. The van der Waals surface area contributed by atoms with Crippen molar-refractivity contribution in [1.82, 2.24) is 31.5 Å². The molecule has 1 saturated heterocycles. The molecule has 2 aliphatic heterocycles. The number of ketones is 1. The van der Waals surface area contributed by atoms with Crippen LogP contribution in [0.2, 0.25) is 0 Å². The number of hydrogen-bond acceptors (Lipinski definition) is 11. The molecule has 0 radical (unpaired) electrons. The van der Waals surface area contributed by atoms with Crippen LogP contribution in [-0.4, -0.2) is 114 Å². The highest BCUT2D eigenvalue weighted by Crippen LogP contribution is 2.39. The minimum Gasteiger partial charge on any atom is -0.507 e. The van der Waals surface area contributed by atoms with Crippen LogP contribution in [0.1, 0.15) is 95.2 Å². The van der Waals surface area contributed by atoms with Gasteiger partial charge < -0.3 is 52.2 Å². The number of Topliss-reactive ketones (excluding diaryl/α,β-unsaturated/α-hetero) is 1. The summed E-state index contributed by atoms with van der Waals surface area (Å²) in [7, 11) is 1.38. The lowest BCUT2D eigenvalue weighted by Crippen LogP contribution is -2.56. The summed E-state index contributed by atoms with van der Waals surface area (Å²) < 4.78 is 4.99. The molecule has 4 bridgehead atoms. The number of carbonyl (C=O) groups is 7. The minimum atomic E-state index is -1.43. The van der Waals surface area contributed by atoms with Crippen LogP contribution in [0, 0.1) is 0 Å². The number of unbranched alkanes of at least 4 members (excludes halogenated alkanes) is 5. The monoisotopic (exact) mass is 821 g/mol. The third-order valence-corrected chi connectivity index (χ3v) is 10.4. The molecule has 2 heterocycles. The largest absolute Gasteiger partial charge is 0.507 e. The number of carbonyl (C=O) groups excluding carboxylic acids is 7. The van der Waals surface area contributed by atoms with Crippen molar-refractivity contribution in [3.63, 3.8) is 0 Å². The molecule has 2 aliphatic rings. The van der Waals surface area contributed by atoms with E-state index < -0.39 is 59.8 Å². The number of hydrogen-bond donors (Lipinski definition) is 8. The summed E-state index contributed by atoms with van der Waals surface area (Å²) in [5, 5.41) is 35.4. The van der Waals surface area contributed by atoms with Gasteiger partial charge in [0.2, 0.25) is 35.4 Å². The Bertz CT molecular complexity index is 1830. The first kappa shape index (κ1) is 46.1. The Kier molecular flexibility index (Phi) is 17.6. The molecule has 17 nitrogen and oxygen atoms in total. The number of benzene rings is 2. The second kappa shape index (κ2) is 22.6. The smallest absolute Gasteiger partial charge is 0.248 e. The van der Waals surface area contributed by atoms with E-state index in [0.29, 0.717) is 31.4 Å². The van der Waals surface area contributed by atoms with Gasteiger partial charge in [-0.15, -0.1) is 0 Å². The first-order valence-corrected chi connectivity index (χ1v) is 20.4. The topological polar surface area (TPSA) is 262 Å². The molecule has 0 aromatic heterocycles. The van der Waals surface area contributed by atoms with Crippen LogP contribution in [-0.2, 0) is 44.7 Å². The predicted molar refractivity (Wildman–Crippen MR) is 218 cm³/mol. The van der Waals surface area contributed by atoms with Gasteiger partial charge in [0.25, 0.3) is 0 Å². The number of nitrogens with zero attached hydrogens (tertiary/aromatic N) is 1. The number of rotatable bonds is 20. The summed E-state index contributed by atoms with van der Waals surface area (Å²) >= 11 is 0. The number of nitrogens with two attached hydrogens (primary N) is 1. The molecule has 0 spiro atoms. The van der Waals surface area contributed by atoms with E-state index in [1.807, 2.05) is 0 Å². The summed E-state index contributed by atoms with van der Waals surface area (Å²) in [5.74, 6) is -4.30. The van der Waals surface area contributed by atoms with Crippen molar-refractivity contribution in [2.45, 2.75) is 115 Å². The van der Waals surface area contributed by atoms with Crippen LogP contribution in [0.4, 0.5) is 0 Å². The number of epoxide rings is 1.